The fourth-order valence-corrected chi connectivity index (χ4v) is 1.94. The van der Waals surface area contributed by atoms with E-state index in [2.05, 4.69) is 25.2 Å². The third-order valence-corrected chi connectivity index (χ3v) is 3.34. The van der Waals surface area contributed by atoms with Crippen molar-refractivity contribution >= 4 is 0 Å². The van der Waals surface area contributed by atoms with Crippen molar-refractivity contribution in [2.45, 2.75) is 26.3 Å². The van der Waals surface area contributed by atoms with E-state index in [1.807, 2.05) is 6.07 Å². The molecule has 1 aromatic carbocycles. The van der Waals surface area contributed by atoms with Gasteiger partial charge in [-0.05, 0) is 49.6 Å². The Morgan fingerprint density at radius 3 is 2.39 bits per heavy atom. The zero-order valence-electron chi connectivity index (χ0n) is 11.4. The lowest BCUT2D eigenvalue weighted by molar-refractivity contribution is 0.171. The minimum atomic E-state index is -0.232. The summed E-state index contributed by atoms with van der Waals surface area (Å²) in [5.41, 5.74) is 3.66. The van der Waals surface area contributed by atoms with Crippen LogP contribution in [0.4, 0.5) is 0 Å². The summed E-state index contributed by atoms with van der Waals surface area (Å²) in [5, 5.41) is 21.0. The molecule has 0 bridgehead atoms. The van der Waals surface area contributed by atoms with Crippen LogP contribution in [0, 0.1) is 13.8 Å². The van der Waals surface area contributed by atoms with Gasteiger partial charge in [0, 0.05) is 0 Å². The first-order valence-corrected chi connectivity index (χ1v) is 6.22. The van der Waals surface area contributed by atoms with E-state index in [1.165, 1.54) is 11.1 Å². The zero-order valence-corrected chi connectivity index (χ0v) is 11.4. The molecule has 4 nitrogen and oxygen atoms in total. The maximum absolute atomic E-state index is 8.95. The van der Waals surface area contributed by atoms with Crippen LogP contribution in [-0.4, -0.2) is 43.1 Å². The van der Waals surface area contributed by atoms with Crippen molar-refractivity contribution in [1.82, 2.24) is 5.32 Å². The summed E-state index contributed by atoms with van der Waals surface area (Å²) in [7, 11) is 1.68. The molecule has 0 heterocycles. The number of hydrogen-bond donors (Lipinski definition) is 3. The summed E-state index contributed by atoms with van der Waals surface area (Å²) < 4.78 is 5.28. The van der Waals surface area contributed by atoms with E-state index in [4.69, 9.17) is 14.9 Å². The lowest BCUT2D eigenvalue weighted by atomic mass is 10.00. The van der Waals surface area contributed by atoms with E-state index >= 15 is 0 Å². The SMILES string of the molecule is COc1ccc(CCNC(CO)CO)c(C)c1C. The molecular formula is C14H23NO3. The number of benzene rings is 1. The summed E-state index contributed by atoms with van der Waals surface area (Å²) in [6.07, 6.45) is 0.868. The number of rotatable bonds is 7. The summed E-state index contributed by atoms with van der Waals surface area (Å²) in [6.45, 7) is 4.78. The van der Waals surface area contributed by atoms with Crippen LogP contribution in [-0.2, 0) is 6.42 Å². The topological polar surface area (TPSA) is 61.7 Å². The number of aliphatic hydroxyl groups is 2. The minimum absolute atomic E-state index is 0.0445. The normalized spacial score (nSPS) is 11.0. The van der Waals surface area contributed by atoms with Gasteiger partial charge >= 0.3 is 0 Å². The molecule has 0 aliphatic carbocycles. The van der Waals surface area contributed by atoms with Gasteiger partial charge in [-0.2, -0.15) is 0 Å². The van der Waals surface area contributed by atoms with E-state index in [-0.39, 0.29) is 19.3 Å². The third kappa shape index (κ3) is 3.70. The van der Waals surface area contributed by atoms with Gasteiger partial charge < -0.3 is 20.3 Å². The van der Waals surface area contributed by atoms with Gasteiger partial charge in [0.05, 0.1) is 26.4 Å². The van der Waals surface area contributed by atoms with E-state index in [9.17, 15) is 0 Å². The van der Waals surface area contributed by atoms with E-state index in [0.717, 1.165) is 24.3 Å². The molecule has 0 unspecified atom stereocenters. The van der Waals surface area contributed by atoms with Gasteiger partial charge in [0.25, 0.3) is 0 Å². The zero-order chi connectivity index (χ0) is 13.5. The van der Waals surface area contributed by atoms with Crippen molar-refractivity contribution in [3.05, 3.63) is 28.8 Å². The lowest BCUT2D eigenvalue weighted by Gasteiger charge is -2.15. The van der Waals surface area contributed by atoms with Crippen LogP contribution in [0.25, 0.3) is 0 Å². The van der Waals surface area contributed by atoms with Gasteiger partial charge in [0.15, 0.2) is 0 Å². The van der Waals surface area contributed by atoms with Crippen LogP contribution in [0.1, 0.15) is 16.7 Å². The van der Waals surface area contributed by atoms with Gasteiger partial charge in [-0.1, -0.05) is 6.07 Å². The van der Waals surface area contributed by atoms with Crippen molar-refractivity contribution < 1.29 is 14.9 Å². The maximum Gasteiger partial charge on any atom is 0.122 e. The Morgan fingerprint density at radius 1 is 1.17 bits per heavy atom. The molecule has 0 spiro atoms. The van der Waals surface area contributed by atoms with Crippen LogP contribution in [0.15, 0.2) is 12.1 Å². The second-order valence-corrected chi connectivity index (χ2v) is 4.44. The average molecular weight is 253 g/mol. The Labute approximate surface area is 109 Å². The van der Waals surface area contributed by atoms with E-state index in [0.29, 0.717) is 0 Å². The fraction of sp³-hybridized carbons (Fsp3) is 0.571. The molecule has 0 atom stereocenters. The first-order chi connectivity index (χ1) is 8.63. The van der Waals surface area contributed by atoms with E-state index in [1.54, 1.807) is 7.11 Å². The molecule has 0 amide bonds. The smallest absolute Gasteiger partial charge is 0.122 e. The highest BCUT2D eigenvalue weighted by Crippen LogP contribution is 2.23. The van der Waals surface area contributed by atoms with Gasteiger partial charge in [-0.3, -0.25) is 0 Å². The Bertz CT molecular complexity index is 376. The van der Waals surface area contributed by atoms with Crippen molar-refractivity contribution in [3.63, 3.8) is 0 Å². The Kier molecular flexibility index (Phi) is 6.12. The number of nitrogens with one attached hydrogen (secondary N) is 1. The quantitative estimate of drug-likeness (QED) is 0.672. The van der Waals surface area contributed by atoms with Crippen molar-refractivity contribution in [2.24, 2.45) is 0 Å². The summed E-state index contributed by atoms with van der Waals surface area (Å²) >= 11 is 0. The molecular weight excluding hydrogens is 230 g/mol. The molecule has 4 heteroatoms. The van der Waals surface area contributed by atoms with Crippen molar-refractivity contribution in [3.8, 4) is 5.75 Å². The molecule has 1 rings (SSSR count). The lowest BCUT2D eigenvalue weighted by Crippen LogP contribution is -2.37. The highest BCUT2D eigenvalue weighted by molar-refractivity contribution is 5.43. The number of methoxy groups -OCH3 is 1. The van der Waals surface area contributed by atoms with Crippen LogP contribution in [0.3, 0.4) is 0 Å². The second-order valence-electron chi connectivity index (χ2n) is 4.44. The van der Waals surface area contributed by atoms with Crippen LogP contribution < -0.4 is 10.1 Å². The van der Waals surface area contributed by atoms with Crippen LogP contribution in [0.2, 0.25) is 0 Å². The summed E-state index contributed by atoms with van der Waals surface area (Å²) in [5.74, 6) is 0.910. The van der Waals surface area contributed by atoms with Crippen LogP contribution >= 0.6 is 0 Å². The third-order valence-electron chi connectivity index (χ3n) is 3.34. The molecule has 102 valence electrons. The fourth-order valence-electron chi connectivity index (χ4n) is 1.94. The molecule has 0 aliphatic heterocycles. The molecule has 0 saturated carbocycles. The largest absolute Gasteiger partial charge is 0.496 e. The summed E-state index contributed by atoms with van der Waals surface area (Å²) in [4.78, 5) is 0. The molecule has 1 aromatic rings. The number of ether oxygens (including phenoxy) is 1. The van der Waals surface area contributed by atoms with Crippen molar-refractivity contribution in [2.75, 3.05) is 26.9 Å². The van der Waals surface area contributed by atoms with Crippen molar-refractivity contribution in [1.29, 1.82) is 0 Å². The summed E-state index contributed by atoms with van der Waals surface area (Å²) in [6, 6.07) is 3.81. The van der Waals surface area contributed by atoms with Gasteiger partial charge in [-0.15, -0.1) is 0 Å². The molecule has 0 fully saturated rings. The average Bonchev–Trinajstić information content (AvgIpc) is 2.39. The predicted molar refractivity (Wildman–Crippen MR) is 72.1 cm³/mol. The molecule has 3 N–H and O–H groups in total. The Hall–Kier alpha value is -1.10. The number of hydrogen-bond acceptors (Lipinski definition) is 4. The molecule has 18 heavy (non-hydrogen) atoms. The first kappa shape index (κ1) is 15.0. The van der Waals surface area contributed by atoms with Gasteiger partial charge in [0.2, 0.25) is 0 Å². The highest BCUT2D eigenvalue weighted by Gasteiger charge is 2.08. The predicted octanol–water partition coefficient (Wildman–Crippen LogP) is 0.797. The van der Waals surface area contributed by atoms with Gasteiger partial charge in [-0.25, -0.2) is 0 Å². The highest BCUT2D eigenvalue weighted by atomic mass is 16.5. The Morgan fingerprint density at radius 2 is 1.83 bits per heavy atom. The monoisotopic (exact) mass is 253 g/mol. The first-order valence-electron chi connectivity index (χ1n) is 6.22. The molecule has 0 aromatic heterocycles. The molecule has 0 radical (unpaired) electrons. The van der Waals surface area contributed by atoms with E-state index < -0.39 is 0 Å². The standard InChI is InChI=1S/C14H23NO3/c1-10-11(2)14(18-3)5-4-12(10)6-7-15-13(8-16)9-17/h4-5,13,15-17H,6-9H2,1-3H3. The molecule has 0 saturated heterocycles. The van der Waals surface area contributed by atoms with Crippen LogP contribution in [0.5, 0.6) is 5.75 Å². The second kappa shape index (κ2) is 7.36. The minimum Gasteiger partial charge on any atom is -0.496 e. The van der Waals surface area contributed by atoms with Gasteiger partial charge in [0.1, 0.15) is 5.75 Å². The maximum atomic E-state index is 8.95. The Balaban J connectivity index is 2.60. The number of aliphatic hydroxyl groups excluding tert-OH is 2. The molecule has 0 aliphatic rings.